The van der Waals surface area contributed by atoms with Crippen LogP contribution >= 0.6 is 0 Å². The van der Waals surface area contributed by atoms with Crippen LogP contribution in [0.25, 0.3) is 0 Å². The SMILES string of the molecule is CCCCCCCCC(CC)OC=O.CCCCCCCCC(CCCCCCCC)OC=O.CCCCCCCCN(CCCCCCCC)CCCNc1cnccc1NC. The first-order chi connectivity index (χ1) is 31.0. The molecule has 8 nitrogen and oxygen atoms in total. The highest BCUT2D eigenvalue weighted by Gasteiger charge is 2.09. The predicted molar refractivity (Wildman–Crippen MR) is 276 cm³/mol. The van der Waals surface area contributed by atoms with Crippen molar-refractivity contribution in [2.24, 2.45) is 0 Å². The van der Waals surface area contributed by atoms with E-state index in [1.54, 1.807) is 0 Å². The Kier molecular flexibility index (Phi) is 53.8. The van der Waals surface area contributed by atoms with Gasteiger partial charge in [0.25, 0.3) is 12.9 Å². The zero-order valence-electron chi connectivity index (χ0n) is 43.1. The Bertz CT molecular complexity index is 998. The smallest absolute Gasteiger partial charge is 0.293 e. The van der Waals surface area contributed by atoms with E-state index in [0.717, 1.165) is 43.6 Å². The minimum absolute atomic E-state index is 0.152. The molecule has 0 aliphatic heterocycles. The van der Waals surface area contributed by atoms with Crippen molar-refractivity contribution in [3.8, 4) is 0 Å². The maximum atomic E-state index is 10.5. The molecule has 0 amide bonds. The van der Waals surface area contributed by atoms with Crippen LogP contribution in [0.5, 0.6) is 0 Å². The van der Waals surface area contributed by atoms with E-state index in [1.165, 1.54) is 219 Å². The summed E-state index contributed by atoms with van der Waals surface area (Å²) in [5, 5.41) is 6.78. The lowest BCUT2D eigenvalue weighted by Gasteiger charge is -2.23. The summed E-state index contributed by atoms with van der Waals surface area (Å²) in [4.78, 5) is 27.6. The fraction of sp³-hybridized carbons (Fsp3) is 0.873. The van der Waals surface area contributed by atoms with E-state index in [1.807, 2.05) is 25.5 Å². The summed E-state index contributed by atoms with van der Waals surface area (Å²) in [5.74, 6) is 0. The number of hydrogen-bond donors (Lipinski definition) is 2. The molecule has 0 aromatic carbocycles. The molecule has 0 radical (unpaired) electrons. The lowest BCUT2D eigenvalue weighted by atomic mass is 10.0. The summed E-state index contributed by atoms with van der Waals surface area (Å²) in [6, 6.07) is 2.02. The van der Waals surface area contributed by atoms with Gasteiger partial charge in [-0.3, -0.25) is 14.6 Å². The van der Waals surface area contributed by atoms with E-state index in [0.29, 0.717) is 12.9 Å². The van der Waals surface area contributed by atoms with Crippen LogP contribution in [0.3, 0.4) is 0 Å². The Morgan fingerprint density at radius 2 is 0.857 bits per heavy atom. The largest absolute Gasteiger partial charge is 0.465 e. The number of hydrogen-bond acceptors (Lipinski definition) is 8. The topological polar surface area (TPSA) is 92.8 Å². The molecular weight excluding hydrogens is 781 g/mol. The number of carbonyl (C=O) groups is 2. The number of anilines is 2. The van der Waals surface area contributed by atoms with Gasteiger partial charge in [-0.1, -0.05) is 202 Å². The summed E-state index contributed by atoms with van der Waals surface area (Å²) in [6.45, 7) is 19.3. The molecule has 1 atom stereocenters. The third-order valence-electron chi connectivity index (χ3n) is 12.3. The van der Waals surface area contributed by atoms with E-state index in [4.69, 9.17) is 9.47 Å². The summed E-state index contributed by atoms with van der Waals surface area (Å²) in [7, 11) is 1.96. The highest BCUT2D eigenvalue weighted by molar-refractivity contribution is 5.66. The van der Waals surface area contributed by atoms with Crippen molar-refractivity contribution >= 4 is 24.3 Å². The molecule has 0 fully saturated rings. The summed E-state index contributed by atoms with van der Waals surface area (Å²) in [5.41, 5.74) is 2.23. The number of unbranched alkanes of at least 4 members (excludes halogenated alkanes) is 25. The Labute approximate surface area is 392 Å². The molecule has 63 heavy (non-hydrogen) atoms. The van der Waals surface area contributed by atoms with Crippen LogP contribution in [0.15, 0.2) is 18.5 Å². The number of ether oxygens (including phenoxy) is 2. The summed E-state index contributed by atoms with van der Waals surface area (Å²) < 4.78 is 10.2. The van der Waals surface area contributed by atoms with Crippen molar-refractivity contribution in [3.05, 3.63) is 18.5 Å². The molecule has 0 aliphatic carbocycles. The van der Waals surface area contributed by atoms with Crippen LogP contribution in [0.4, 0.5) is 11.4 Å². The van der Waals surface area contributed by atoms with E-state index >= 15 is 0 Å². The van der Waals surface area contributed by atoms with Gasteiger partial charge in [-0.25, -0.2) is 0 Å². The molecule has 0 bridgehead atoms. The zero-order chi connectivity index (χ0) is 46.5. The van der Waals surface area contributed by atoms with Gasteiger partial charge < -0.3 is 25.0 Å². The molecule has 372 valence electrons. The molecule has 1 aromatic rings. The molecule has 0 saturated heterocycles. The van der Waals surface area contributed by atoms with E-state index < -0.39 is 0 Å². The predicted octanol–water partition coefficient (Wildman–Crippen LogP) is 16.7. The van der Waals surface area contributed by atoms with Crippen LogP contribution in [0, 0.1) is 0 Å². The average molecular weight is 889 g/mol. The molecule has 1 aromatic heterocycles. The van der Waals surface area contributed by atoms with Gasteiger partial charge in [0.2, 0.25) is 0 Å². The van der Waals surface area contributed by atoms with Gasteiger partial charge in [-0.2, -0.15) is 0 Å². The first-order valence-electron chi connectivity index (χ1n) is 27.3. The highest BCUT2D eigenvalue weighted by Crippen LogP contribution is 2.19. The summed E-state index contributed by atoms with van der Waals surface area (Å²) in [6.07, 6.45) is 49.4. The molecular formula is C55H108N4O4. The van der Waals surface area contributed by atoms with Gasteiger partial charge in [0.1, 0.15) is 12.2 Å². The third-order valence-corrected chi connectivity index (χ3v) is 12.3. The fourth-order valence-corrected chi connectivity index (χ4v) is 8.11. The summed E-state index contributed by atoms with van der Waals surface area (Å²) >= 11 is 0. The maximum Gasteiger partial charge on any atom is 0.293 e. The van der Waals surface area contributed by atoms with E-state index in [2.05, 4.69) is 62.1 Å². The fourth-order valence-electron chi connectivity index (χ4n) is 8.11. The lowest BCUT2D eigenvalue weighted by Crippen LogP contribution is -2.28. The lowest BCUT2D eigenvalue weighted by molar-refractivity contribution is -0.135. The van der Waals surface area contributed by atoms with Crippen LogP contribution < -0.4 is 10.6 Å². The third kappa shape index (κ3) is 46.0. The monoisotopic (exact) mass is 889 g/mol. The van der Waals surface area contributed by atoms with Crippen molar-refractivity contribution in [1.82, 2.24) is 9.88 Å². The van der Waals surface area contributed by atoms with Gasteiger partial charge in [0.05, 0.1) is 17.6 Å². The van der Waals surface area contributed by atoms with Gasteiger partial charge in [-0.05, 0) is 89.9 Å². The number of carbonyl (C=O) groups excluding carboxylic acids is 2. The molecule has 1 unspecified atom stereocenters. The Balaban J connectivity index is 0. The van der Waals surface area contributed by atoms with Gasteiger partial charge in [0, 0.05) is 19.8 Å². The normalized spacial score (nSPS) is 11.4. The molecule has 8 heteroatoms. The number of nitrogens with zero attached hydrogens (tertiary/aromatic N) is 2. The maximum absolute atomic E-state index is 10.5. The highest BCUT2D eigenvalue weighted by atomic mass is 16.5. The van der Waals surface area contributed by atoms with Crippen molar-refractivity contribution in [2.75, 3.05) is 43.9 Å². The first kappa shape index (κ1) is 62.7. The minimum Gasteiger partial charge on any atom is -0.465 e. The average Bonchev–Trinajstić information content (AvgIpc) is 3.30. The zero-order valence-corrected chi connectivity index (χ0v) is 43.1. The second kappa shape index (κ2) is 54.0. The van der Waals surface area contributed by atoms with Gasteiger partial charge in [0.15, 0.2) is 0 Å². The second-order valence-electron chi connectivity index (χ2n) is 18.1. The van der Waals surface area contributed by atoms with Crippen LogP contribution in [0.2, 0.25) is 0 Å². The van der Waals surface area contributed by atoms with Crippen LogP contribution in [-0.4, -0.2) is 68.3 Å². The Morgan fingerprint density at radius 3 is 1.25 bits per heavy atom. The van der Waals surface area contributed by atoms with Crippen molar-refractivity contribution in [1.29, 1.82) is 0 Å². The number of pyridine rings is 1. The second-order valence-corrected chi connectivity index (χ2v) is 18.1. The molecule has 0 saturated carbocycles. The van der Waals surface area contributed by atoms with Crippen molar-refractivity contribution in [3.63, 3.8) is 0 Å². The van der Waals surface area contributed by atoms with Crippen LogP contribution in [-0.2, 0) is 19.1 Å². The number of aromatic nitrogens is 1. The molecule has 1 rings (SSSR count). The van der Waals surface area contributed by atoms with Gasteiger partial charge >= 0.3 is 0 Å². The molecule has 2 N–H and O–H groups in total. The number of rotatable bonds is 46. The molecule has 0 spiro atoms. The standard InChI is InChI=1S/C25H48N4.C18H36O2.C12H24O2/c1-4-6-8-10-12-14-20-29(21-15-13-11-9-7-5-2)22-16-18-28-25-23-27-19-17-24(25)26-3;1-3-5-7-9-11-13-15-18(20-17-19)16-14-12-10-8-6-4-2;1-3-5-6-7-8-9-10-12(4-2)14-11-13/h17,19,23,28H,4-16,18,20-22H2,1-3H3,(H,26,27);17-18H,3-16H2,1-2H3;11-12H,3-10H2,1-2H3. The van der Waals surface area contributed by atoms with Gasteiger partial charge in [-0.15, -0.1) is 0 Å². The van der Waals surface area contributed by atoms with Crippen LogP contribution in [0.1, 0.15) is 266 Å². The van der Waals surface area contributed by atoms with Crippen molar-refractivity contribution in [2.45, 2.75) is 278 Å². The Hall–Kier alpha value is -2.35. The molecule has 0 aliphatic rings. The van der Waals surface area contributed by atoms with E-state index in [9.17, 15) is 9.59 Å². The first-order valence-corrected chi connectivity index (χ1v) is 27.3. The quantitative estimate of drug-likeness (QED) is 0.0494. The minimum atomic E-state index is 0.152. The van der Waals surface area contributed by atoms with Crippen molar-refractivity contribution < 1.29 is 19.1 Å². The molecule has 1 heterocycles. The Morgan fingerprint density at radius 1 is 0.492 bits per heavy atom. The number of nitrogens with one attached hydrogen (secondary N) is 2. The van der Waals surface area contributed by atoms with E-state index in [-0.39, 0.29) is 12.2 Å².